The Hall–Kier alpha value is -1.28. The van der Waals surface area contributed by atoms with Crippen molar-refractivity contribution in [3.05, 3.63) is 29.6 Å². The summed E-state index contributed by atoms with van der Waals surface area (Å²) < 4.78 is 61.6. The molecular formula is C10H7ClF3NO3S. The summed E-state index contributed by atoms with van der Waals surface area (Å²) in [6, 6.07) is 0.798. The Morgan fingerprint density at radius 3 is 2.26 bits per heavy atom. The SMILES string of the molecule is O=C1CC(S(=O)(=O)Cl)CN1c1cc(F)c(F)cc1F. The van der Waals surface area contributed by atoms with Gasteiger partial charge in [-0.3, -0.25) is 4.79 Å². The van der Waals surface area contributed by atoms with E-state index in [2.05, 4.69) is 0 Å². The predicted octanol–water partition coefficient (Wildman–Crippen LogP) is 1.78. The molecule has 1 saturated heterocycles. The molecule has 1 aromatic rings. The summed E-state index contributed by atoms with van der Waals surface area (Å²) in [6.07, 6.45) is -0.426. The van der Waals surface area contributed by atoms with Crippen molar-refractivity contribution in [2.24, 2.45) is 0 Å². The van der Waals surface area contributed by atoms with Gasteiger partial charge in [0.05, 0.1) is 5.69 Å². The highest BCUT2D eigenvalue weighted by atomic mass is 35.7. The number of hydrogen-bond acceptors (Lipinski definition) is 3. The van der Waals surface area contributed by atoms with Crippen LogP contribution in [0.2, 0.25) is 0 Å². The summed E-state index contributed by atoms with van der Waals surface area (Å²) in [7, 11) is 1.13. The van der Waals surface area contributed by atoms with E-state index in [9.17, 15) is 26.4 Å². The smallest absolute Gasteiger partial charge is 0.237 e. The van der Waals surface area contributed by atoms with Gasteiger partial charge in [-0.1, -0.05) is 0 Å². The lowest BCUT2D eigenvalue weighted by molar-refractivity contribution is -0.117. The summed E-state index contributed by atoms with van der Waals surface area (Å²) in [5.74, 6) is -4.60. The fourth-order valence-corrected chi connectivity index (χ4v) is 2.84. The Morgan fingerprint density at radius 2 is 1.74 bits per heavy atom. The van der Waals surface area contributed by atoms with E-state index in [4.69, 9.17) is 10.7 Å². The Labute approximate surface area is 111 Å². The zero-order chi connectivity index (χ0) is 14.4. The maximum Gasteiger partial charge on any atom is 0.237 e. The molecule has 0 aromatic heterocycles. The predicted molar refractivity (Wildman–Crippen MR) is 61.8 cm³/mol. The Morgan fingerprint density at radius 1 is 1.16 bits per heavy atom. The lowest BCUT2D eigenvalue weighted by atomic mass is 10.2. The zero-order valence-corrected chi connectivity index (χ0v) is 10.8. The second kappa shape index (κ2) is 4.68. The van der Waals surface area contributed by atoms with E-state index < -0.39 is 56.3 Å². The molecule has 0 aliphatic carbocycles. The number of anilines is 1. The lowest BCUT2D eigenvalue weighted by Gasteiger charge is -2.17. The van der Waals surface area contributed by atoms with E-state index in [-0.39, 0.29) is 0 Å². The van der Waals surface area contributed by atoms with Crippen molar-refractivity contribution >= 4 is 31.3 Å². The molecule has 0 N–H and O–H groups in total. The molecule has 1 atom stereocenters. The summed E-state index contributed by atoms with van der Waals surface area (Å²) in [5.41, 5.74) is -0.508. The van der Waals surface area contributed by atoms with Crippen LogP contribution in [-0.2, 0) is 13.8 Å². The fraction of sp³-hybridized carbons (Fsp3) is 0.300. The third kappa shape index (κ3) is 2.69. The van der Waals surface area contributed by atoms with E-state index in [1.807, 2.05) is 0 Å². The number of hydrogen-bond donors (Lipinski definition) is 0. The molecular weight excluding hydrogens is 307 g/mol. The third-order valence-electron chi connectivity index (χ3n) is 2.77. The number of nitrogens with zero attached hydrogens (tertiary/aromatic N) is 1. The molecule has 0 radical (unpaired) electrons. The van der Waals surface area contributed by atoms with Crippen molar-refractivity contribution in [2.75, 3.05) is 11.4 Å². The van der Waals surface area contributed by atoms with Crippen LogP contribution in [0.1, 0.15) is 6.42 Å². The van der Waals surface area contributed by atoms with Gasteiger partial charge in [0.15, 0.2) is 11.6 Å². The molecule has 2 rings (SSSR count). The summed E-state index contributed by atoms with van der Waals surface area (Å²) in [6.45, 7) is -0.396. The second-order valence-corrected chi connectivity index (χ2v) is 6.93. The quantitative estimate of drug-likeness (QED) is 0.618. The van der Waals surface area contributed by atoms with Gasteiger partial charge in [-0.2, -0.15) is 0 Å². The van der Waals surface area contributed by atoms with Crippen LogP contribution in [0.15, 0.2) is 12.1 Å². The molecule has 9 heteroatoms. The highest BCUT2D eigenvalue weighted by Crippen LogP contribution is 2.29. The molecule has 4 nitrogen and oxygen atoms in total. The molecule has 0 bridgehead atoms. The van der Waals surface area contributed by atoms with Gasteiger partial charge < -0.3 is 4.90 Å². The van der Waals surface area contributed by atoms with E-state index in [1.54, 1.807) is 0 Å². The number of carbonyl (C=O) groups is 1. The minimum atomic E-state index is -3.99. The molecule has 1 aliphatic heterocycles. The average molecular weight is 314 g/mol. The van der Waals surface area contributed by atoms with Crippen molar-refractivity contribution in [2.45, 2.75) is 11.7 Å². The fourth-order valence-electron chi connectivity index (χ4n) is 1.82. The number of carbonyl (C=O) groups excluding carboxylic acids is 1. The Bertz CT molecular complexity index is 650. The van der Waals surface area contributed by atoms with Gasteiger partial charge in [-0.25, -0.2) is 21.6 Å². The van der Waals surface area contributed by atoms with Crippen molar-refractivity contribution < 1.29 is 26.4 Å². The Kier molecular flexibility index (Phi) is 3.48. The van der Waals surface area contributed by atoms with E-state index in [0.29, 0.717) is 12.1 Å². The topological polar surface area (TPSA) is 54.5 Å². The molecule has 1 amide bonds. The maximum absolute atomic E-state index is 13.5. The summed E-state index contributed by atoms with van der Waals surface area (Å²) in [4.78, 5) is 12.3. The third-order valence-corrected chi connectivity index (χ3v) is 4.64. The first-order valence-corrected chi connectivity index (χ1v) is 7.46. The van der Waals surface area contributed by atoms with Crippen LogP contribution >= 0.6 is 10.7 Å². The number of rotatable bonds is 2. The van der Waals surface area contributed by atoms with Gasteiger partial charge in [0.25, 0.3) is 0 Å². The summed E-state index contributed by atoms with van der Waals surface area (Å²) in [5, 5.41) is -1.20. The van der Waals surface area contributed by atoms with Crippen LogP contribution in [0.25, 0.3) is 0 Å². The first kappa shape index (κ1) is 14.1. The summed E-state index contributed by atoms with van der Waals surface area (Å²) >= 11 is 0. The lowest BCUT2D eigenvalue weighted by Crippen LogP contribution is -2.27. The average Bonchev–Trinajstić information content (AvgIpc) is 2.65. The van der Waals surface area contributed by atoms with Gasteiger partial charge in [0.1, 0.15) is 11.1 Å². The van der Waals surface area contributed by atoms with Crippen molar-refractivity contribution in [3.8, 4) is 0 Å². The van der Waals surface area contributed by atoms with E-state index >= 15 is 0 Å². The minimum Gasteiger partial charge on any atom is -0.308 e. The molecule has 19 heavy (non-hydrogen) atoms. The first-order chi connectivity index (χ1) is 8.70. The normalized spacial score (nSPS) is 20.1. The number of halogens is 4. The van der Waals surface area contributed by atoms with Gasteiger partial charge in [-0.15, -0.1) is 0 Å². The van der Waals surface area contributed by atoms with Crippen molar-refractivity contribution in [1.29, 1.82) is 0 Å². The van der Waals surface area contributed by atoms with E-state index in [0.717, 1.165) is 4.90 Å². The monoisotopic (exact) mass is 313 g/mol. The van der Waals surface area contributed by atoms with Crippen LogP contribution in [0.5, 0.6) is 0 Å². The standard InChI is InChI=1S/C10H7ClF3NO3S/c11-19(17,18)5-1-10(16)15(4-5)9-3-7(13)6(12)2-8(9)14/h2-3,5H,1,4H2. The number of benzene rings is 1. The molecule has 1 fully saturated rings. The largest absolute Gasteiger partial charge is 0.308 e. The second-order valence-electron chi connectivity index (χ2n) is 4.02. The van der Waals surface area contributed by atoms with Crippen LogP contribution in [0, 0.1) is 17.5 Å². The van der Waals surface area contributed by atoms with E-state index in [1.165, 1.54) is 0 Å². The maximum atomic E-state index is 13.5. The number of amides is 1. The van der Waals surface area contributed by atoms with Crippen LogP contribution < -0.4 is 4.90 Å². The van der Waals surface area contributed by atoms with Crippen molar-refractivity contribution in [3.63, 3.8) is 0 Å². The van der Waals surface area contributed by atoms with Crippen LogP contribution in [0.4, 0.5) is 18.9 Å². The van der Waals surface area contributed by atoms with Crippen molar-refractivity contribution in [1.82, 2.24) is 0 Å². The highest BCUT2D eigenvalue weighted by molar-refractivity contribution is 8.14. The first-order valence-electron chi connectivity index (χ1n) is 5.08. The Balaban J connectivity index is 2.39. The highest BCUT2D eigenvalue weighted by Gasteiger charge is 2.39. The molecule has 1 aromatic carbocycles. The molecule has 104 valence electrons. The minimum absolute atomic E-state index is 0.292. The van der Waals surface area contributed by atoms with Crippen LogP contribution in [-0.4, -0.2) is 26.1 Å². The zero-order valence-electron chi connectivity index (χ0n) is 9.24. The van der Waals surface area contributed by atoms with Crippen LogP contribution in [0.3, 0.4) is 0 Å². The molecule has 1 heterocycles. The van der Waals surface area contributed by atoms with Gasteiger partial charge in [-0.05, 0) is 0 Å². The van der Waals surface area contributed by atoms with Gasteiger partial charge in [0.2, 0.25) is 15.0 Å². The van der Waals surface area contributed by atoms with Gasteiger partial charge >= 0.3 is 0 Å². The molecule has 1 unspecified atom stereocenters. The molecule has 0 saturated carbocycles. The molecule has 0 spiro atoms. The van der Waals surface area contributed by atoms with Gasteiger partial charge in [0, 0.05) is 35.8 Å². The molecule has 1 aliphatic rings.